The van der Waals surface area contributed by atoms with E-state index in [4.69, 9.17) is 0 Å². The van der Waals surface area contributed by atoms with Crippen molar-refractivity contribution in [2.45, 2.75) is 19.4 Å². The van der Waals surface area contributed by atoms with Crippen LogP contribution in [0.3, 0.4) is 0 Å². The van der Waals surface area contributed by atoms with Crippen molar-refractivity contribution in [2.24, 2.45) is 0 Å². The van der Waals surface area contributed by atoms with Gasteiger partial charge in [0.05, 0.1) is 23.8 Å². The van der Waals surface area contributed by atoms with Crippen LogP contribution in [0.5, 0.6) is 0 Å². The van der Waals surface area contributed by atoms with Crippen molar-refractivity contribution < 1.29 is 4.79 Å². The summed E-state index contributed by atoms with van der Waals surface area (Å²) in [7, 11) is 0. The number of carbonyl (C=O) groups excluding carboxylic acids is 1. The molecule has 27 heavy (non-hydrogen) atoms. The molecule has 0 spiro atoms. The lowest BCUT2D eigenvalue weighted by Crippen LogP contribution is -2.14. The summed E-state index contributed by atoms with van der Waals surface area (Å²) in [6.07, 6.45) is 3.19. The minimum atomic E-state index is -0.00108. The Bertz CT molecular complexity index is 1040. The Balaban J connectivity index is 1.34. The number of amides is 1. The van der Waals surface area contributed by atoms with Gasteiger partial charge in [-0.15, -0.1) is 0 Å². The molecular formula is C23H21N3O. The summed E-state index contributed by atoms with van der Waals surface area (Å²) >= 11 is 0. The molecule has 4 nitrogen and oxygen atoms in total. The zero-order valence-corrected chi connectivity index (χ0v) is 15.0. The first-order valence-electron chi connectivity index (χ1n) is 9.10. The number of rotatable bonds is 6. The molecule has 0 aliphatic heterocycles. The van der Waals surface area contributed by atoms with E-state index in [1.807, 2.05) is 67.0 Å². The molecule has 0 unspecified atom stereocenters. The Hall–Kier alpha value is -3.40. The minimum Gasteiger partial charge on any atom is -0.330 e. The van der Waals surface area contributed by atoms with Crippen LogP contribution in [-0.2, 0) is 24.2 Å². The van der Waals surface area contributed by atoms with Gasteiger partial charge < -0.3 is 9.88 Å². The van der Waals surface area contributed by atoms with E-state index in [9.17, 15) is 4.79 Å². The Labute approximate surface area is 158 Å². The first kappa shape index (κ1) is 17.0. The summed E-state index contributed by atoms with van der Waals surface area (Å²) in [5.41, 5.74) is 5.25. The van der Waals surface area contributed by atoms with Gasteiger partial charge in [-0.1, -0.05) is 54.6 Å². The number of para-hydroxylation sites is 2. The number of fused-ring (bicyclic) bond motifs is 1. The van der Waals surface area contributed by atoms with Crippen molar-refractivity contribution >= 4 is 22.6 Å². The Morgan fingerprint density at radius 2 is 1.59 bits per heavy atom. The molecular weight excluding hydrogens is 334 g/mol. The van der Waals surface area contributed by atoms with Gasteiger partial charge in [0.15, 0.2) is 0 Å². The highest BCUT2D eigenvalue weighted by Crippen LogP contribution is 2.15. The number of aryl methyl sites for hydroxylation is 2. The van der Waals surface area contributed by atoms with Crippen molar-refractivity contribution in [3.63, 3.8) is 0 Å². The average molecular weight is 355 g/mol. The molecule has 0 saturated heterocycles. The Kier molecular flexibility index (Phi) is 4.97. The fourth-order valence-corrected chi connectivity index (χ4v) is 3.18. The van der Waals surface area contributed by atoms with Crippen LogP contribution < -0.4 is 5.32 Å². The van der Waals surface area contributed by atoms with Crippen molar-refractivity contribution in [1.82, 2.24) is 9.55 Å². The standard InChI is InChI=1S/C23H21N3O/c27-23(16-19-6-2-1-3-7-19)25-20-12-10-18(11-13-20)14-15-26-17-24-21-8-4-5-9-22(21)26/h1-13,17H,14-16H2,(H,25,27). The summed E-state index contributed by atoms with van der Waals surface area (Å²) in [6.45, 7) is 0.875. The zero-order valence-electron chi connectivity index (χ0n) is 15.0. The number of nitrogens with one attached hydrogen (secondary N) is 1. The number of anilines is 1. The third-order valence-electron chi connectivity index (χ3n) is 4.61. The molecule has 1 N–H and O–H groups in total. The van der Waals surface area contributed by atoms with E-state index in [1.165, 1.54) is 5.56 Å². The highest BCUT2D eigenvalue weighted by molar-refractivity contribution is 5.92. The molecule has 4 heteroatoms. The lowest BCUT2D eigenvalue weighted by Gasteiger charge is -2.08. The molecule has 4 aromatic rings. The van der Waals surface area contributed by atoms with E-state index in [1.54, 1.807) is 0 Å². The van der Waals surface area contributed by atoms with Crippen molar-refractivity contribution in [3.05, 3.63) is 96.3 Å². The zero-order chi connectivity index (χ0) is 18.5. The van der Waals surface area contributed by atoms with E-state index >= 15 is 0 Å². The number of benzene rings is 3. The maximum absolute atomic E-state index is 12.2. The first-order chi connectivity index (χ1) is 13.3. The molecule has 4 rings (SSSR count). The average Bonchev–Trinajstić information content (AvgIpc) is 3.11. The number of nitrogens with zero attached hydrogens (tertiary/aromatic N) is 2. The van der Waals surface area contributed by atoms with E-state index in [0.717, 1.165) is 35.2 Å². The molecule has 0 aliphatic carbocycles. The van der Waals surface area contributed by atoms with Crippen LogP contribution in [0, 0.1) is 0 Å². The second-order valence-corrected chi connectivity index (χ2v) is 6.58. The van der Waals surface area contributed by atoms with Crippen LogP contribution in [-0.4, -0.2) is 15.5 Å². The molecule has 1 aromatic heterocycles. The van der Waals surface area contributed by atoms with Crippen molar-refractivity contribution in [2.75, 3.05) is 5.32 Å². The van der Waals surface area contributed by atoms with Gasteiger partial charge in [-0.25, -0.2) is 4.98 Å². The first-order valence-corrected chi connectivity index (χ1v) is 9.10. The molecule has 0 aliphatic rings. The molecule has 1 amide bonds. The van der Waals surface area contributed by atoms with E-state index < -0.39 is 0 Å². The van der Waals surface area contributed by atoms with Crippen molar-refractivity contribution in [3.8, 4) is 0 Å². The number of hydrogen-bond donors (Lipinski definition) is 1. The predicted octanol–water partition coefficient (Wildman–Crippen LogP) is 4.46. The molecule has 134 valence electrons. The maximum atomic E-state index is 12.2. The predicted molar refractivity (Wildman–Crippen MR) is 109 cm³/mol. The molecule has 0 atom stereocenters. The van der Waals surface area contributed by atoms with Crippen LogP contribution in [0.15, 0.2) is 85.2 Å². The molecule has 1 heterocycles. The topological polar surface area (TPSA) is 46.9 Å². The summed E-state index contributed by atoms with van der Waals surface area (Å²) < 4.78 is 2.17. The summed E-state index contributed by atoms with van der Waals surface area (Å²) in [4.78, 5) is 16.6. The largest absolute Gasteiger partial charge is 0.330 e. The normalized spacial score (nSPS) is 10.8. The fraction of sp³-hybridized carbons (Fsp3) is 0.130. The van der Waals surface area contributed by atoms with Crippen LogP contribution in [0.1, 0.15) is 11.1 Å². The Morgan fingerprint density at radius 1 is 0.852 bits per heavy atom. The highest BCUT2D eigenvalue weighted by Gasteiger charge is 2.05. The SMILES string of the molecule is O=C(Cc1ccccc1)Nc1ccc(CCn2cnc3ccccc32)cc1. The van der Waals surface area contributed by atoms with Gasteiger partial charge in [-0.2, -0.15) is 0 Å². The van der Waals surface area contributed by atoms with Gasteiger partial charge in [-0.05, 0) is 41.8 Å². The molecule has 0 bridgehead atoms. The second-order valence-electron chi connectivity index (χ2n) is 6.58. The maximum Gasteiger partial charge on any atom is 0.228 e. The van der Waals surface area contributed by atoms with Gasteiger partial charge in [0.25, 0.3) is 0 Å². The molecule has 3 aromatic carbocycles. The van der Waals surface area contributed by atoms with E-state index in [2.05, 4.69) is 33.1 Å². The van der Waals surface area contributed by atoms with Gasteiger partial charge in [0.1, 0.15) is 0 Å². The molecule has 0 radical (unpaired) electrons. The van der Waals surface area contributed by atoms with Gasteiger partial charge >= 0.3 is 0 Å². The monoisotopic (exact) mass is 355 g/mol. The van der Waals surface area contributed by atoms with Crippen LogP contribution in [0.4, 0.5) is 5.69 Å². The van der Waals surface area contributed by atoms with Gasteiger partial charge in [-0.3, -0.25) is 4.79 Å². The number of carbonyl (C=O) groups is 1. The van der Waals surface area contributed by atoms with Crippen LogP contribution >= 0.6 is 0 Å². The molecule has 0 saturated carbocycles. The Morgan fingerprint density at radius 3 is 2.41 bits per heavy atom. The van der Waals surface area contributed by atoms with E-state index in [0.29, 0.717) is 6.42 Å². The van der Waals surface area contributed by atoms with E-state index in [-0.39, 0.29) is 5.91 Å². The quantitative estimate of drug-likeness (QED) is 0.555. The minimum absolute atomic E-state index is 0.00108. The van der Waals surface area contributed by atoms with Crippen LogP contribution in [0.2, 0.25) is 0 Å². The smallest absolute Gasteiger partial charge is 0.228 e. The fourth-order valence-electron chi connectivity index (χ4n) is 3.18. The van der Waals surface area contributed by atoms with Gasteiger partial charge in [0.2, 0.25) is 5.91 Å². The second kappa shape index (κ2) is 7.87. The third kappa shape index (κ3) is 4.23. The number of aromatic nitrogens is 2. The third-order valence-corrected chi connectivity index (χ3v) is 4.61. The van der Waals surface area contributed by atoms with Crippen molar-refractivity contribution in [1.29, 1.82) is 0 Å². The summed E-state index contributed by atoms with van der Waals surface area (Å²) in [5, 5.41) is 2.96. The summed E-state index contributed by atoms with van der Waals surface area (Å²) in [5.74, 6) is -0.00108. The van der Waals surface area contributed by atoms with Crippen LogP contribution in [0.25, 0.3) is 11.0 Å². The molecule has 0 fully saturated rings. The number of imidazole rings is 1. The summed E-state index contributed by atoms with van der Waals surface area (Å²) in [6, 6.07) is 26.0. The number of hydrogen-bond acceptors (Lipinski definition) is 2. The van der Waals surface area contributed by atoms with Gasteiger partial charge in [0, 0.05) is 12.2 Å². The highest BCUT2D eigenvalue weighted by atomic mass is 16.1. The lowest BCUT2D eigenvalue weighted by molar-refractivity contribution is -0.115. The lowest BCUT2D eigenvalue weighted by atomic mass is 10.1.